The number of nitrogens with one attached hydrogen (secondary N) is 2. The average molecular weight is 272 g/mol. The van der Waals surface area contributed by atoms with E-state index in [1.165, 1.54) is 0 Å². The second-order valence-electron chi connectivity index (χ2n) is 5.13. The molecule has 0 aromatic carbocycles. The second kappa shape index (κ2) is 6.40. The standard InChI is InChI=1S/C12H20N2O5/c1-6-3-4-8(7(6)2)13-12(19)14-9(11(17)18)5-10(15)16/h6-9H,3-5H2,1-2H3,(H,15,16)(H,17,18)(H2,13,14,19). The second-order valence-corrected chi connectivity index (χ2v) is 5.13. The van der Waals surface area contributed by atoms with Gasteiger partial charge in [-0.15, -0.1) is 0 Å². The van der Waals surface area contributed by atoms with E-state index in [2.05, 4.69) is 17.6 Å². The SMILES string of the molecule is CC1CCC(NC(=O)NC(CC(=O)O)C(=O)O)C1C. The van der Waals surface area contributed by atoms with Gasteiger partial charge < -0.3 is 20.8 Å². The summed E-state index contributed by atoms with van der Waals surface area (Å²) in [7, 11) is 0. The summed E-state index contributed by atoms with van der Waals surface area (Å²) in [5.41, 5.74) is 0. The van der Waals surface area contributed by atoms with Gasteiger partial charge in [0.25, 0.3) is 0 Å². The molecule has 1 aliphatic rings. The highest BCUT2D eigenvalue weighted by Crippen LogP contribution is 2.30. The molecule has 1 fully saturated rings. The Balaban J connectivity index is 2.49. The number of hydrogen-bond donors (Lipinski definition) is 4. The number of carboxylic acids is 2. The van der Waals surface area contributed by atoms with Crippen molar-refractivity contribution in [2.45, 2.75) is 45.2 Å². The van der Waals surface area contributed by atoms with E-state index < -0.39 is 30.4 Å². The van der Waals surface area contributed by atoms with Gasteiger partial charge in [0, 0.05) is 6.04 Å². The summed E-state index contributed by atoms with van der Waals surface area (Å²) in [6.45, 7) is 4.14. The van der Waals surface area contributed by atoms with Crippen molar-refractivity contribution in [1.29, 1.82) is 0 Å². The van der Waals surface area contributed by atoms with Gasteiger partial charge in [-0.25, -0.2) is 9.59 Å². The first kappa shape index (κ1) is 15.3. The molecule has 0 radical (unpaired) electrons. The lowest BCUT2D eigenvalue weighted by molar-refractivity contribution is -0.145. The summed E-state index contributed by atoms with van der Waals surface area (Å²) in [4.78, 5) is 33.0. The van der Waals surface area contributed by atoms with Crippen molar-refractivity contribution in [3.8, 4) is 0 Å². The molecule has 4 atom stereocenters. The Hall–Kier alpha value is -1.79. The van der Waals surface area contributed by atoms with E-state index in [4.69, 9.17) is 10.2 Å². The Morgan fingerprint density at radius 2 is 1.84 bits per heavy atom. The summed E-state index contributed by atoms with van der Waals surface area (Å²) in [6.07, 6.45) is 1.23. The molecule has 0 aromatic heterocycles. The first-order chi connectivity index (χ1) is 8.81. The van der Waals surface area contributed by atoms with E-state index in [1.54, 1.807) is 0 Å². The van der Waals surface area contributed by atoms with Crippen LogP contribution in [0.3, 0.4) is 0 Å². The van der Waals surface area contributed by atoms with Crippen LogP contribution in [0.15, 0.2) is 0 Å². The Bertz CT molecular complexity index is 371. The minimum atomic E-state index is -1.41. The van der Waals surface area contributed by atoms with E-state index in [-0.39, 0.29) is 6.04 Å². The first-order valence-electron chi connectivity index (χ1n) is 6.33. The van der Waals surface area contributed by atoms with Crippen molar-refractivity contribution in [3.63, 3.8) is 0 Å². The maximum absolute atomic E-state index is 11.7. The van der Waals surface area contributed by atoms with Gasteiger partial charge in [0.05, 0.1) is 6.42 Å². The minimum absolute atomic E-state index is 0.00859. The summed E-state index contributed by atoms with van der Waals surface area (Å²) in [6, 6.07) is -2.03. The molecule has 4 N–H and O–H groups in total. The van der Waals surface area contributed by atoms with Crippen LogP contribution in [0.5, 0.6) is 0 Å². The van der Waals surface area contributed by atoms with Crippen molar-refractivity contribution >= 4 is 18.0 Å². The molecule has 7 heteroatoms. The van der Waals surface area contributed by atoms with Crippen LogP contribution in [0.4, 0.5) is 4.79 Å². The Labute approximate surface area is 111 Å². The molecule has 4 unspecified atom stereocenters. The van der Waals surface area contributed by atoms with Crippen LogP contribution in [0.25, 0.3) is 0 Å². The van der Waals surface area contributed by atoms with Crippen molar-refractivity contribution in [1.82, 2.24) is 10.6 Å². The van der Waals surface area contributed by atoms with Crippen molar-refractivity contribution in [3.05, 3.63) is 0 Å². The summed E-state index contributed by atoms with van der Waals surface area (Å²) < 4.78 is 0. The van der Waals surface area contributed by atoms with Crippen LogP contribution in [0, 0.1) is 11.8 Å². The fourth-order valence-electron chi connectivity index (χ4n) is 2.31. The molecule has 2 amide bonds. The number of carboxylic acid groups (broad SMARTS) is 2. The molecule has 1 aliphatic carbocycles. The summed E-state index contributed by atoms with van der Waals surface area (Å²) >= 11 is 0. The van der Waals surface area contributed by atoms with Crippen molar-refractivity contribution in [2.24, 2.45) is 11.8 Å². The highest BCUT2D eigenvalue weighted by molar-refractivity contribution is 5.86. The number of carbonyl (C=O) groups is 3. The normalized spacial score (nSPS) is 27.6. The number of aliphatic carboxylic acids is 2. The quantitative estimate of drug-likeness (QED) is 0.586. The van der Waals surface area contributed by atoms with E-state index in [9.17, 15) is 14.4 Å². The highest BCUT2D eigenvalue weighted by Gasteiger charge is 2.31. The van der Waals surface area contributed by atoms with Gasteiger partial charge >= 0.3 is 18.0 Å². The first-order valence-corrected chi connectivity index (χ1v) is 6.33. The smallest absolute Gasteiger partial charge is 0.326 e. The number of rotatable bonds is 5. The Morgan fingerprint density at radius 1 is 1.21 bits per heavy atom. The average Bonchev–Trinajstić information content (AvgIpc) is 2.59. The van der Waals surface area contributed by atoms with Gasteiger partial charge in [-0.2, -0.15) is 0 Å². The highest BCUT2D eigenvalue weighted by atomic mass is 16.4. The fourth-order valence-corrected chi connectivity index (χ4v) is 2.31. The minimum Gasteiger partial charge on any atom is -0.481 e. The molecular formula is C12H20N2O5. The summed E-state index contributed by atoms with van der Waals surface area (Å²) in [5.74, 6) is -1.78. The van der Waals surface area contributed by atoms with Gasteiger partial charge in [0.15, 0.2) is 0 Å². The van der Waals surface area contributed by atoms with Gasteiger partial charge in [-0.1, -0.05) is 13.8 Å². The topological polar surface area (TPSA) is 116 Å². The van der Waals surface area contributed by atoms with Gasteiger partial charge in [-0.05, 0) is 24.7 Å². The molecule has 0 spiro atoms. The van der Waals surface area contributed by atoms with E-state index in [0.29, 0.717) is 11.8 Å². The molecule has 7 nitrogen and oxygen atoms in total. The fraction of sp³-hybridized carbons (Fsp3) is 0.750. The predicted molar refractivity (Wildman–Crippen MR) is 66.7 cm³/mol. The zero-order valence-corrected chi connectivity index (χ0v) is 11.0. The Morgan fingerprint density at radius 3 is 2.26 bits per heavy atom. The summed E-state index contributed by atoms with van der Waals surface area (Å²) in [5, 5.41) is 22.3. The number of hydrogen-bond acceptors (Lipinski definition) is 3. The molecule has 0 saturated heterocycles. The van der Waals surface area contributed by atoms with Crippen molar-refractivity contribution < 1.29 is 24.6 Å². The lowest BCUT2D eigenvalue weighted by Gasteiger charge is -2.21. The van der Waals surface area contributed by atoms with E-state index in [1.807, 2.05) is 6.92 Å². The number of amides is 2. The monoisotopic (exact) mass is 272 g/mol. The molecule has 1 rings (SSSR count). The van der Waals surface area contributed by atoms with Gasteiger partial charge in [0.2, 0.25) is 0 Å². The molecule has 0 aromatic rings. The molecule has 0 aliphatic heterocycles. The number of urea groups is 1. The molecular weight excluding hydrogens is 252 g/mol. The van der Waals surface area contributed by atoms with Crippen LogP contribution in [-0.2, 0) is 9.59 Å². The predicted octanol–water partition coefficient (Wildman–Crippen LogP) is 0.648. The zero-order chi connectivity index (χ0) is 14.6. The third-order valence-corrected chi connectivity index (χ3v) is 3.76. The lowest BCUT2D eigenvalue weighted by Crippen LogP contribution is -2.50. The number of carbonyl (C=O) groups excluding carboxylic acids is 1. The Kier molecular flexibility index (Phi) is 5.14. The largest absolute Gasteiger partial charge is 0.481 e. The molecule has 0 heterocycles. The van der Waals surface area contributed by atoms with Crippen LogP contribution < -0.4 is 10.6 Å². The van der Waals surface area contributed by atoms with Crippen LogP contribution >= 0.6 is 0 Å². The maximum Gasteiger partial charge on any atom is 0.326 e. The van der Waals surface area contributed by atoms with Gasteiger partial charge in [0.1, 0.15) is 6.04 Å². The molecule has 0 bridgehead atoms. The molecule has 19 heavy (non-hydrogen) atoms. The van der Waals surface area contributed by atoms with Crippen LogP contribution in [-0.4, -0.2) is 40.3 Å². The third kappa shape index (κ3) is 4.42. The molecule has 108 valence electrons. The molecule has 1 saturated carbocycles. The van der Waals surface area contributed by atoms with E-state index >= 15 is 0 Å². The van der Waals surface area contributed by atoms with Gasteiger partial charge in [-0.3, -0.25) is 4.79 Å². The zero-order valence-electron chi connectivity index (χ0n) is 11.0. The maximum atomic E-state index is 11.7. The lowest BCUT2D eigenvalue weighted by atomic mass is 9.98. The third-order valence-electron chi connectivity index (χ3n) is 3.76. The van der Waals surface area contributed by atoms with Crippen LogP contribution in [0.1, 0.15) is 33.1 Å². The van der Waals surface area contributed by atoms with Crippen LogP contribution in [0.2, 0.25) is 0 Å². The van der Waals surface area contributed by atoms with Crippen molar-refractivity contribution in [2.75, 3.05) is 0 Å². The van der Waals surface area contributed by atoms with E-state index in [0.717, 1.165) is 12.8 Å².